The van der Waals surface area contributed by atoms with Gasteiger partial charge in [-0.25, -0.2) is 13.6 Å². The van der Waals surface area contributed by atoms with Crippen molar-refractivity contribution >= 4 is 27.7 Å². The Morgan fingerprint density at radius 1 is 1.19 bits per heavy atom. The lowest BCUT2D eigenvalue weighted by molar-refractivity contribution is -0.384. The second-order valence-electron chi connectivity index (χ2n) is 5.42. The molecule has 2 aromatic carbocycles. The van der Waals surface area contributed by atoms with Crippen LogP contribution in [-0.2, 0) is 21.2 Å². The highest BCUT2D eigenvalue weighted by molar-refractivity contribution is 7.89. The van der Waals surface area contributed by atoms with Crippen molar-refractivity contribution in [2.24, 2.45) is 5.14 Å². The van der Waals surface area contributed by atoms with Crippen LogP contribution in [0.3, 0.4) is 0 Å². The predicted molar refractivity (Wildman–Crippen MR) is 96.7 cm³/mol. The van der Waals surface area contributed by atoms with Crippen molar-refractivity contribution in [3.63, 3.8) is 0 Å². The van der Waals surface area contributed by atoms with E-state index in [0.29, 0.717) is 18.5 Å². The predicted octanol–water partition coefficient (Wildman–Crippen LogP) is 1.61. The number of nitro groups is 1. The first-order valence-electron chi connectivity index (χ1n) is 7.58. The summed E-state index contributed by atoms with van der Waals surface area (Å²) in [5, 5.41) is 18.4. The number of carbonyl (C=O) groups excluding carboxylic acids is 1. The maximum Gasteiger partial charge on any atom is 0.270 e. The van der Waals surface area contributed by atoms with Crippen molar-refractivity contribution in [3.05, 3.63) is 75.8 Å². The van der Waals surface area contributed by atoms with Crippen LogP contribution in [0.1, 0.15) is 11.1 Å². The first-order valence-corrected chi connectivity index (χ1v) is 9.12. The third-order valence-electron chi connectivity index (χ3n) is 3.47. The number of nitrogens with zero attached hydrogens (tertiary/aromatic N) is 1. The van der Waals surface area contributed by atoms with Gasteiger partial charge in [0.1, 0.15) is 0 Å². The van der Waals surface area contributed by atoms with E-state index in [9.17, 15) is 23.3 Å². The number of amides is 1. The Bertz CT molecular complexity index is 937. The maximum absolute atomic E-state index is 11.8. The van der Waals surface area contributed by atoms with Gasteiger partial charge < -0.3 is 5.32 Å². The molecule has 0 atom stereocenters. The van der Waals surface area contributed by atoms with E-state index >= 15 is 0 Å². The van der Waals surface area contributed by atoms with Crippen LogP contribution in [0.25, 0.3) is 6.08 Å². The van der Waals surface area contributed by atoms with Crippen LogP contribution in [0.4, 0.5) is 5.69 Å². The van der Waals surface area contributed by atoms with E-state index in [1.54, 1.807) is 24.3 Å². The van der Waals surface area contributed by atoms with E-state index in [1.807, 2.05) is 0 Å². The first-order chi connectivity index (χ1) is 12.3. The fourth-order valence-corrected chi connectivity index (χ4v) is 2.66. The van der Waals surface area contributed by atoms with Crippen molar-refractivity contribution in [1.82, 2.24) is 5.32 Å². The van der Waals surface area contributed by atoms with Crippen molar-refractivity contribution in [1.29, 1.82) is 0 Å². The molecule has 3 N–H and O–H groups in total. The summed E-state index contributed by atoms with van der Waals surface area (Å²) in [7, 11) is -3.72. The summed E-state index contributed by atoms with van der Waals surface area (Å²) in [6.07, 6.45) is 3.30. The van der Waals surface area contributed by atoms with Gasteiger partial charge in [-0.2, -0.15) is 0 Å². The van der Waals surface area contributed by atoms with Crippen LogP contribution < -0.4 is 10.5 Å². The molecule has 0 radical (unpaired) electrons. The van der Waals surface area contributed by atoms with Gasteiger partial charge in [-0.15, -0.1) is 0 Å². The highest BCUT2D eigenvalue weighted by Crippen LogP contribution is 2.14. The normalized spacial score (nSPS) is 11.4. The third-order valence-corrected chi connectivity index (χ3v) is 4.40. The van der Waals surface area contributed by atoms with Gasteiger partial charge in [0.2, 0.25) is 15.9 Å². The van der Waals surface area contributed by atoms with E-state index in [1.165, 1.54) is 36.4 Å². The van der Waals surface area contributed by atoms with Gasteiger partial charge in [0.25, 0.3) is 5.69 Å². The van der Waals surface area contributed by atoms with Gasteiger partial charge >= 0.3 is 0 Å². The number of nitrogens with one attached hydrogen (secondary N) is 1. The highest BCUT2D eigenvalue weighted by atomic mass is 32.2. The molecule has 2 rings (SSSR count). The van der Waals surface area contributed by atoms with Crippen LogP contribution in [0.15, 0.2) is 59.5 Å². The lowest BCUT2D eigenvalue weighted by Gasteiger charge is -2.04. The van der Waals surface area contributed by atoms with Crippen LogP contribution in [0, 0.1) is 10.1 Å². The minimum Gasteiger partial charge on any atom is -0.352 e. The molecule has 0 heterocycles. The van der Waals surface area contributed by atoms with Gasteiger partial charge in [0.05, 0.1) is 9.82 Å². The Hall–Kier alpha value is -3.04. The summed E-state index contributed by atoms with van der Waals surface area (Å²) in [6, 6.07) is 12.0. The maximum atomic E-state index is 11.8. The van der Waals surface area contributed by atoms with E-state index in [2.05, 4.69) is 5.32 Å². The van der Waals surface area contributed by atoms with E-state index in [4.69, 9.17) is 5.14 Å². The van der Waals surface area contributed by atoms with Gasteiger partial charge in [-0.05, 0) is 35.8 Å². The van der Waals surface area contributed by atoms with E-state index in [-0.39, 0.29) is 16.5 Å². The monoisotopic (exact) mass is 375 g/mol. The average Bonchev–Trinajstić information content (AvgIpc) is 2.60. The number of rotatable bonds is 7. The summed E-state index contributed by atoms with van der Waals surface area (Å²) < 4.78 is 22.3. The molecule has 136 valence electrons. The smallest absolute Gasteiger partial charge is 0.270 e. The molecule has 0 aromatic heterocycles. The Labute approximate surface area is 150 Å². The number of non-ortho nitro benzene ring substituents is 1. The second-order valence-corrected chi connectivity index (χ2v) is 6.98. The molecule has 1 amide bonds. The summed E-state index contributed by atoms with van der Waals surface area (Å²) in [4.78, 5) is 22.0. The number of nitro benzene ring substituents is 1. The first kappa shape index (κ1) is 19.3. The average molecular weight is 375 g/mol. The second kappa shape index (κ2) is 8.37. The van der Waals surface area contributed by atoms with Crippen LogP contribution in [0.2, 0.25) is 0 Å². The minimum atomic E-state index is -3.72. The molecule has 0 fully saturated rings. The number of carbonyl (C=O) groups is 1. The van der Waals surface area contributed by atoms with Crippen LogP contribution >= 0.6 is 0 Å². The van der Waals surface area contributed by atoms with Crippen LogP contribution in [-0.4, -0.2) is 25.8 Å². The Kier molecular flexibility index (Phi) is 6.21. The highest BCUT2D eigenvalue weighted by Gasteiger charge is 2.07. The molecule has 0 bridgehead atoms. The fourth-order valence-electron chi connectivity index (χ4n) is 2.15. The summed E-state index contributed by atoms with van der Waals surface area (Å²) in [6.45, 7) is 0.354. The SMILES string of the molecule is NS(=O)(=O)c1ccc(CCNC(=O)/C=C/c2cccc([N+](=O)[O-])c2)cc1. The van der Waals surface area contributed by atoms with Gasteiger partial charge in [0, 0.05) is 24.8 Å². The van der Waals surface area contributed by atoms with Gasteiger partial charge in [-0.1, -0.05) is 24.3 Å². The summed E-state index contributed by atoms with van der Waals surface area (Å²) >= 11 is 0. The zero-order valence-corrected chi connectivity index (χ0v) is 14.5. The third kappa shape index (κ3) is 5.80. The molecule has 0 saturated heterocycles. The zero-order chi connectivity index (χ0) is 19.2. The number of sulfonamides is 1. The van der Waals surface area contributed by atoms with E-state index < -0.39 is 14.9 Å². The Morgan fingerprint density at radius 2 is 1.88 bits per heavy atom. The van der Waals surface area contributed by atoms with Crippen molar-refractivity contribution in [3.8, 4) is 0 Å². The van der Waals surface area contributed by atoms with Gasteiger partial charge in [0.15, 0.2) is 0 Å². The molecule has 0 aliphatic carbocycles. The largest absolute Gasteiger partial charge is 0.352 e. The molecule has 2 aromatic rings. The van der Waals surface area contributed by atoms with Crippen molar-refractivity contribution < 1.29 is 18.1 Å². The molecule has 0 aliphatic rings. The zero-order valence-electron chi connectivity index (χ0n) is 13.7. The van der Waals surface area contributed by atoms with Crippen molar-refractivity contribution in [2.75, 3.05) is 6.54 Å². The Morgan fingerprint density at radius 3 is 2.50 bits per heavy atom. The standard InChI is InChI=1S/C17H17N3O5S/c18-26(24,25)16-7-4-13(5-8-16)10-11-19-17(21)9-6-14-2-1-3-15(12-14)20(22)23/h1-9,12H,10-11H2,(H,19,21)(H2,18,24,25)/b9-6+. The molecule has 9 heteroatoms. The number of primary sulfonamides is 1. The molecule has 0 aliphatic heterocycles. The summed E-state index contributed by atoms with van der Waals surface area (Å²) in [5.41, 5.74) is 1.35. The molecular weight excluding hydrogens is 358 g/mol. The molecule has 26 heavy (non-hydrogen) atoms. The molecular formula is C17H17N3O5S. The fraction of sp³-hybridized carbons (Fsp3) is 0.118. The lowest BCUT2D eigenvalue weighted by Crippen LogP contribution is -2.23. The molecule has 0 saturated carbocycles. The quantitative estimate of drug-likeness (QED) is 0.431. The number of benzene rings is 2. The lowest BCUT2D eigenvalue weighted by atomic mass is 10.1. The topological polar surface area (TPSA) is 132 Å². The Balaban J connectivity index is 1.85. The molecule has 8 nitrogen and oxygen atoms in total. The minimum absolute atomic E-state index is 0.0326. The number of nitrogens with two attached hydrogens (primary N) is 1. The van der Waals surface area contributed by atoms with E-state index in [0.717, 1.165) is 5.56 Å². The molecule has 0 spiro atoms. The number of hydrogen-bond donors (Lipinski definition) is 2. The van der Waals surface area contributed by atoms with Gasteiger partial charge in [-0.3, -0.25) is 14.9 Å². The summed E-state index contributed by atoms with van der Waals surface area (Å²) in [5.74, 6) is -0.335. The van der Waals surface area contributed by atoms with Crippen LogP contribution in [0.5, 0.6) is 0 Å². The number of hydrogen-bond acceptors (Lipinski definition) is 5. The molecule has 0 unspecified atom stereocenters. The van der Waals surface area contributed by atoms with Crippen molar-refractivity contribution in [2.45, 2.75) is 11.3 Å².